The number of aliphatic hydroxyl groups is 1. The summed E-state index contributed by atoms with van der Waals surface area (Å²) in [6.07, 6.45) is 6.94. The van der Waals surface area contributed by atoms with Crippen molar-refractivity contribution in [3.05, 3.63) is 0 Å². The molecule has 1 aliphatic carbocycles. The molecule has 0 unspecified atom stereocenters. The summed E-state index contributed by atoms with van der Waals surface area (Å²) in [6, 6.07) is 0. The van der Waals surface area contributed by atoms with Gasteiger partial charge in [-0.15, -0.1) is 0 Å². The maximum atomic E-state index is 9.99. The molecule has 2 nitrogen and oxygen atoms in total. The second-order valence-corrected chi connectivity index (χ2v) is 3.67. The monoisotopic (exact) mass is 157 g/mol. The van der Waals surface area contributed by atoms with Gasteiger partial charge in [-0.05, 0) is 19.9 Å². The van der Waals surface area contributed by atoms with Crippen LogP contribution in [0.1, 0.15) is 38.5 Å². The van der Waals surface area contributed by atoms with Crippen molar-refractivity contribution in [2.45, 2.75) is 44.1 Å². The third kappa shape index (κ3) is 2.80. The molecule has 0 aromatic rings. The number of rotatable bonds is 2. The first-order valence-electron chi connectivity index (χ1n) is 4.64. The van der Waals surface area contributed by atoms with E-state index in [9.17, 15) is 5.11 Å². The Morgan fingerprint density at radius 1 is 1.18 bits per heavy atom. The van der Waals surface area contributed by atoms with Gasteiger partial charge >= 0.3 is 0 Å². The van der Waals surface area contributed by atoms with Crippen LogP contribution in [0.25, 0.3) is 0 Å². The van der Waals surface area contributed by atoms with Crippen LogP contribution in [0.3, 0.4) is 0 Å². The largest absolute Gasteiger partial charge is 0.389 e. The Hall–Kier alpha value is -0.0800. The van der Waals surface area contributed by atoms with E-state index in [0.29, 0.717) is 0 Å². The zero-order chi connectivity index (χ0) is 8.16. The highest BCUT2D eigenvalue weighted by Gasteiger charge is 2.26. The molecule has 0 saturated heterocycles. The van der Waals surface area contributed by atoms with Gasteiger partial charge in [-0.3, -0.25) is 0 Å². The molecule has 0 bridgehead atoms. The smallest absolute Gasteiger partial charge is 0.0771 e. The summed E-state index contributed by atoms with van der Waals surface area (Å²) in [4.78, 5) is 0. The molecular formula is C9H19NO. The van der Waals surface area contributed by atoms with Gasteiger partial charge in [0.2, 0.25) is 0 Å². The van der Waals surface area contributed by atoms with Gasteiger partial charge in [-0.25, -0.2) is 0 Å². The van der Waals surface area contributed by atoms with E-state index in [4.69, 9.17) is 0 Å². The first-order chi connectivity index (χ1) is 5.27. The van der Waals surface area contributed by atoms with E-state index in [1.54, 1.807) is 0 Å². The van der Waals surface area contributed by atoms with Gasteiger partial charge in [0.25, 0.3) is 0 Å². The molecule has 1 rings (SSSR count). The van der Waals surface area contributed by atoms with Gasteiger partial charge in [0.1, 0.15) is 0 Å². The predicted molar refractivity (Wildman–Crippen MR) is 46.6 cm³/mol. The van der Waals surface area contributed by atoms with Crippen molar-refractivity contribution in [1.82, 2.24) is 5.32 Å². The molecule has 0 radical (unpaired) electrons. The third-order valence-corrected chi connectivity index (χ3v) is 2.54. The zero-order valence-corrected chi connectivity index (χ0v) is 7.40. The molecule has 0 aromatic heterocycles. The highest BCUT2D eigenvalue weighted by molar-refractivity contribution is 4.82. The number of hydrogen-bond donors (Lipinski definition) is 2. The molecule has 0 heterocycles. The van der Waals surface area contributed by atoms with Gasteiger partial charge in [0.05, 0.1) is 5.60 Å². The maximum absolute atomic E-state index is 9.99. The summed E-state index contributed by atoms with van der Waals surface area (Å²) in [5.74, 6) is 0. The first-order valence-corrected chi connectivity index (χ1v) is 4.64. The fourth-order valence-electron chi connectivity index (χ4n) is 1.89. The highest BCUT2D eigenvalue weighted by Crippen LogP contribution is 2.25. The molecule has 66 valence electrons. The summed E-state index contributed by atoms with van der Waals surface area (Å²) in [5, 5.41) is 13.0. The van der Waals surface area contributed by atoms with Crippen molar-refractivity contribution in [3.63, 3.8) is 0 Å². The Balaban J connectivity index is 2.38. The summed E-state index contributed by atoms with van der Waals surface area (Å²) in [6.45, 7) is 0.757. The van der Waals surface area contributed by atoms with Crippen LogP contribution >= 0.6 is 0 Å². The SMILES string of the molecule is CNCC1(O)CCCCCC1. The highest BCUT2D eigenvalue weighted by atomic mass is 16.3. The quantitative estimate of drug-likeness (QED) is 0.592. The summed E-state index contributed by atoms with van der Waals surface area (Å²) >= 11 is 0. The minimum Gasteiger partial charge on any atom is -0.389 e. The lowest BCUT2D eigenvalue weighted by atomic mass is 9.95. The minimum atomic E-state index is -0.398. The van der Waals surface area contributed by atoms with E-state index < -0.39 is 5.60 Å². The van der Waals surface area contributed by atoms with E-state index in [0.717, 1.165) is 19.4 Å². The molecule has 1 fully saturated rings. The molecular weight excluding hydrogens is 138 g/mol. The second-order valence-electron chi connectivity index (χ2n) is 3.67. The Bertz CT molecular complexity index is 106. The van der Waals surface area contributed by atoms with Crippen molar-refractivity contribution in [3.8, 4) is 0 Å². The predicted octanol–water partition coefficient (Wildman–Crippen LogP) is 1.29. The second kappa shape index (κ2) is 4.07. The summed E-state index contributed by atoms with van der Waals surface area (Å²) in [7, 11) is 1.91. The van der Waals surface area contributed by atoms with Crippen LogP contribution in [0, 0.1) is 0 Å². The molecule has 1 saturated carbocycles. The Morgan fingerprint density at radius 2 is 1.73 bits per heavy atom. The Labute approximate surface area is 69.0 Å². The maximum Gasteiger partial charge on any atom is 0.0771 e. The number of likely N-dealkylation sites (N-methyl/N-ethyl adjacent to an activating group) is 1. The molecule has 0 aromatic carbocycles. The van der Waals surface area contributed by atoms with Gasteiger partial charge in [0, 0.05) is 6.54 Å². The van der Waals surface area contributed by atoms with E-state index >= 15 is 0 Å². The third-order valence-electron chi connectivity index (χ3n) is 2.54. The normalized spacial score (nSPS) is 24.5. The van der Waals surface area contributed by atoms with Crippen LogP contribution in [0.4, 0.5) is 0 Å². The zero-order valence-electron chi connectivity index (χ0n) is 7.40. The van der Waals surface area contributed by atoms with E-state index in [1.807, 2.05) is 7.05 Å². The van der Waals surface area contributed by atoms with Crippen LogP contribution in [-0.4, -0.2) is 24.3 Å². The van der Waals surface area contributed by atoms with Crippen LogP contribution < -0.4 is 5.32 Å². The van der Waals surface area contributed by atoms with Gasteiger partial charge in [-0.2, -0.15) is 0 Å². The molecule has 2 heteroatoms. The van der Waals surface area contributed by atoms with Crippen molar-refractivity contribution in [2.24, 2.45) is 0 Å². The van der Waals surface area contributed by atoms with Crippen molar-refractivity contribution in [1.29, 1.82) is 0 Å². The molecule has 0 aliphatic heterocycles. The van der Waals surface area contributed by atoms with Crippen LogP contribution in [-0.2, 0) is 0 Å². The van der Waals surface area contributed by atoms with Crippen LogP contribution in [0.2, 0.25) is 0 Å². The standard InChI is InChI=1S/C9H19NO/c1-10-8-9(11)6-4-2-3-5-7-9/h10-11H,2-8H2,1H3. The topological polar surface area (TPSA) is 32.3 Å². The van der Waals surface area contributed by atoms with E-state index in [-0.39, 0.29) is 0 Å². The summed E-state index contributed by atoms with van der Waals surface area (Å²) < 4.78 is 0. The van der Waals surface area contributed by atoms with E-state index in [2.05, 4.69) is 5.32 Å². The number of nitrogens with one attached hydrogen (secondary N) is 1. The van der Waals surface area contributed by atoms with Crippen molar-refractivity contribution >= 4 is 0 Å². The van der Waals surface area contributed by atoms with Gasteiger partial charge in [-0.1, -0.05) is 25.7 Å². The van der Waals surface area contributed by atoms with Crippen LogP contribution in [0.5, 0.6) is 0 Å². The molecule has 0 amide bonds. The fraction of sp³-hybridized carbons (Fsp3) is 1.00. The first kappa shape index (κ1) is 9.01. The molecule has 2 N–H and O–H groups in total. The van der Waals surface area contributed by atoms with Crippen molar-refractivity contribution in [2.75, 3.05) is 13.6 Å². The van der Waals surface area contributed by atoms with Gasteiger partial charge in [0.15, 0.2) is 0 Å². The Morgan fingerprint density at radius 3 is 2.18 bits per heavy atom. The van der Waals surface area contributed by atoms with Crippen molar-refractivity contribution < 1.29 is 5.11 Å². The average molecular weight is 157 g/mol. The van der Waals surface area contributed by atoms with Crippen LogP contribution in [0.15, 0.2) is 0 Å². The molecule has 0 spiro atoms. The lowest BCUT2D eigenvalue weighted by molar-refractivity contribution is 0.0271. The minimum absolute atomic E-state index is 0.398. The number of hydrogen-bond acceptors (Lipinski definition) is 2. The fourth-order valence-corrected chi connectivity index (χ4v) is 1.89. The van der Waals surface area contributed by atoms with Gasteiger partial charge < -0.3 is 10.4 Å². The lowest BCUT2D eigenvalue weighted by Crippen LogP contribution is -2.38. The molecule has 1 aliphatic rings. The average Bonchev–Trinajstić information content (AvgIpc) is 2.15. The lowest BCUT2D eigenvalue weighted by Gasteiger charge is -2.25. The van der Waals surface area contributed by atoms with E-state index in [1.165, 1.54) is 25.7 Å². The molecule has 11 heavy (non-hydrogen) atoms. The summed E-state index contributed by atoms with van der Waals surface area (Å²) in [5.41, 5.74) is -0.398. The molecule has 0 atom stereocenters. The Kier molecular flexibility index (Phi) is 3.34.